The molecule has 47 heavy (non-hydrogen) atoms. The molecule has 0 radical (unpaired) electrons. The molecular formula is C36H42N8O3. The standard InChI is InChI=1S/C36H42N8O3/c1-24-18-41(29-22-47-23-29)11-13-43(24)27-7-8-34(38-17-27)39-32-16-26(19-40(2)36(32)46)30-9-10-37-35(31(30)21-45)42-12-14-44-28(20-42)15-25-5-3-4-6-33(25)44/h7-10,15-17,19,21,24,29H,3-6,11-14,18,20,22-23H2,1-2H3,(H,38,39)/t24-/m0/s1. The Bertz CT molecular complexity index is 1860. The summed E-state index contributed by atoms with van der Waals surface area (Å²) < 4.78 is 9.42. The predicted octanol–water partition coefficient (Wildman–Crippen LogP) is 4.01. The molecule has 1 N–H and O–H groups in total. The van der Waals surface area contributed by atoms with E-state index in [9.17, 15) is 9.59 Å². The van der Waals surface area contributed by atoms with Crippen LogP contribution in [0.1, 0.15) is 47.1 Å². The van der Waals surface area contributed by atoms with Crippen molar-refractivity contribution >= 4 is 29.3 Å². The summed E-state index contributed by atoms with van der Waals surface area (Å²) in [5.41, 5.74) is 7.59. The van der Waals surface area contributed by atoms with E-state index in [1.807, 2.05) is 24.4 Å². The summed E-state index contributed by atoms with van der Waals surface area (Å²) in [6, 6.07) is 10.9. The molecule has 0 bridgehead atoms. The summed E-state index contributed by atoms with van der Waals surface area (Å²) in [5.74, 6) is 1.27. The molecule has 7 heterocycles. The van der Waals surface area contributed by atoms with Gasteiger partial charge < -0.3 is 29.0 Å². The number of carbonyl (C=O) groups excluding carboxylic acids is 1. The summed E-state index contributed by atoms with van der Waals surface area (Å²) in [5, 5.41) is 3.25. The van der Waals surface area contributed by atoms with Gasteiger partial charge in [-0.3, -0.25) is 14.5 Å². The van der Waals surface area contributed by atoms with Crippen molar-refractivity contribution in [2.45, 2.75) is 57.8 Å². The first-order valence-corrected chi connectivity index (χ1v) is 16.9. The van der Waals surface area contributed by atoms with Gasteiger partial charge >= 0.3 is 0 Å². The highest BCUT2D eigenvalue weighted by atomic mass is 16.5. The molecule has 3 aliphatic heterocycles. The van der Waals surface area contributed by atoms with E-state index < -0.39 is 0 Å². The van der Waals surface area contributed by atoms with Crippen LogP contribution in [0.5, 0.6) is 0 Å². The highest BCUT2D eigenvalue weighted by Crippen LogP contribution is 2.34. The number of piperazine rings is 1. The number of rotatable bonds is 7. The van der Waals surface area contributed by atoms with Gasteiger partial charge in [-0.2, -0.15) is 0 Å². The second-order valence-corrected chi connectivity index (χ2v) is 13.4. The second kappa shape index (κ2) is 12.3. The summed E-state index contributed by atoms with van der Waals surface area (Å²) in [6.07, 6.45) is 11.1. The van der Waals surface area contributed by atoms with Crippen LogP contribution < -0.4 is 20.7 Å². The molecule has 0 spiro atoms. The Hall–Kier alpha value is -4.48. The van der Waals surface area contributed by atoms with Gasteiger partial charge in [-0.1, -0.05) is 0 Å². The van der Waals surface area contributed by atoms with Crippen LogP contribution in [0.4, 0.5) is 23.0 Å². The average molecular weight is 635 g/mol. The number of aldehydes is 1. The van der Waals surface area contributed by atoms with Crippen molar-refractivity contribution in [1.29, 1.82) is 0 Å². The molecule has 4 aromatic rings. The number of ether oxygens (including phenoxy) is 1. The summed E-state index contributed by atoms with van der Waals surface area (Å²) in [6.45, 7) is 9.27. The zero-order chi connectivity index (χ0) is 32.1. The third-order valence-corrected chi connectivity index (χ3v) is 10.5. The van der Waals surface area contributed by atoms with E-state index in [0.29, 0.717) is 35.0 Å². The molecule has 0 saturated carbocycles. The van der Waals surface area contributed by atoms with Gasteiger partial charge in [0.25, 0.3) is 5.56 Å². The van der Waals surface area contributed by atoms with Gasteiger partial charge in [0.2, 0.25) is 0 Å². The van der Waals surface area contributed by atoms with Crippen LogP contribution in [0, 0.1) is 0 Å². The Balaban J connectivity index is 1.03. The normalized spacial score (nSPS) is 20.0. The van der Waals surface area contributed by atoms with Crippen molar-refractivity contribution < 1.29 is 9.53 Å². The first-order valence-electron chi connectivity index (χ1n) is 16.9. The van der Waals surface area contributed by atoms with Crippen molar-refractivity contribution in [3.63, 3.8) is 0 Å². The number of anilines is 4. The first-order chi connectivity index (χ1) is 23.0. The summed E-state index contributed by atoms with van der Waals surface area (Å²) in [7, 11) is 1.73. The first kappa shape index (κ1) is 29.9. The average Bonchev–Trinajstić information content (AvgIpc) is 3.44. The summed E-state index contributed by atoms with van der Waals surface area (Å²) in [4.78, 5) is 42.4. The molecule has 0 unspecified atom stereocenters. The van der Waals surface area contributed by atoms with Crippen LogP contribution >= 0.6 is 0 Å². The molecule has 4 aromatic heterocycles. The topological polar surface area (TPSA) is 101 Å². The van der Waals surface area contributed by atoms with E-state index in [1.54, 1.807) is 24.0 Å². The second-order valence-electron chi connectivity index (χ2n) is 13.4. The molecule has 0 aromatic carbocycles. The predicted molar refractivity (Wildman–Crippen MR) is 183 cm³/mol. The van der Waals surface area contributed by atoms with Crippen LogP contribution in [-0.4, -0.2) is 81.8 Å². The van der Waals surface area contributed by atoms with Gasteiger partial charge in [-0.05, 0) is 74.1 Å². The molecule has 244 valence electrons. The van der Waals surface area contributed by atoms with Crippen molar-refractivity contribution in [2.24, 2.45) is 7.05 Å². The third-order valence-electron chi connectivity index (χ3n) is 10.5. The molecule has 1 atom stereocenters. The molecular weight excluding hydrogens is 592 g/mol. The van der Waals surface area contributed by atoms with Crippen molar-refractivity contribution in [2.75, 3.05) is 54.5 Å². The number of aryl methyl sites for hydroxylation is 2. The fourth-order valence-electron chi connectivity index (χ4n) is 7.85. The summed E-state index contributed by atoms with van der Waals surface area (Å²) >= 11 is 0. The van der Waals surface area contributed by atoms with Gasteiger partial charge in [0, 0.05) is 75.2 Å². The number of hydrogen-bond donors (Lipinski definition) is 1. The van der Waals surface area contributed by atoms with Gasteiger partial charge in [0.15, 0.2) is 6.29 Å². The maximum Gasteiger partial charge on any atom is 0.274 e. The Morgan fingerprint density at radius 3 is 2.66 bits per heavy atom. The zero-order valence-electron chi connectivity index (χ0n) is 27.2. The molecule has 1 aliphatic carbocycles. The number of carbonyl (C=O) groups is 1. The lowest BCUT2D eigenvalue weighted by molar-refractivity contribution is -0.0691. The largest absolute Gasteiger partial charge is 0.378 e. The van der Waals surface area contributed by atoms with E-state index in [-0.39, 0.29) is 5.56 Å². The SMILES string of the molecule is C[C@H]1CN(C2COC2)CCN1c1ccc(Nc2cc(-c3ccnc(N4CCn5c(cc6c5CCCC6)C4)c3C=O)cn(C)c2=O)nc1. The fourth-order valence-corrected chi connectivity index (χ4v) is 7.85. The number of aromatic nitrogens is 4. The molecule has 11 nitrogen and oxygen atoms in total. The highest BCUT2D eigenvalue weighted by molar-refractivity contribution is 5.93. The zero-order valence-corrected chi connectivity index (χ0v) is 27.2. The van der Waals surface area contributed by atoms with Crippen LogP contribution in [0.3, 0.4) is 0 Å². The number of hydrogen-bond acceptors (Lipinski definition) is 9. The van der Waals surface area contributed by atoms with Crippen molar-refractivity contribution in [1.82, 2.24) is 24.0 Å². The number of pyridine rings is 3. The van der Waals surface area contributed by atoms with E-state index >= 15 is 0 Å². The van der Waals surface area contributed by atoms with Crippen LogP contribution in [0.25, 0.3) is 11.1 Å². The third kappa shape index (κ3) is 5.51. The van der Waals surface area contributed by atoms with E-state index in [4.69, 9.17) is 9.72 Å². The smallest absolute Gasteiger partial charge is 0.274 e. The van der Waals surface area contributed by atoms with Gasteiger partial charge in [0.05, 0.1) is 43.2 Å². The number of nitrogens with zero attached hydrogens (tertiary/aromatic N) is 7. The lowest BCUT2D eigenvalue weighted by atomic mass is 9.98. The Morgan fingerprint density at radius 2 is 1.89 bits per heavy atom. The minimum absolute atomic E-state index is 0.174. The van der Waals surface area contributed by atoms with Gasteiger partial charge in [-0.15, -0.1) is 0 Å². The molecule has 2 fully saturated rings. The monoisotopic (exact) mass is 634 g/mol. The lowest BCUT2D eigenvalue weighted by Gasteiger charge is -2.46. The van der Waals surface area contributed by atoms with E-state index in [0.717, 1.165) is 88.4 Å². The molecule has 11 heteroatoms. The quantitative estimate of drug-likeness (QED) is 0.303. The Labute approximate surface area is 274 Å². The molecule has 2 saturated heterocycles. The molecule has 4 aliphatic rings. The van der Waals surface area contributed by atoms with Crippen molar-refractivity contribution in [3.8, 4) is 11.1 Å². The maximum absolute atomic E-state index is 13.3. The highest BCUT2D eigenvalue weighted by Gasteiger charge is 2.32. The van der Waals surface area contributed by atoms with Crippen molar-refractivity contribution in [3.05, 3.63) is 81.8 Å². The lowest BCUT2D eigenvalue weighted by Crippen LogP contribution is -2.59. The van der Waals surface area contributed by atoms with E-state index in [2.05, 4.69) is 48.6 Å². The molecule has 0 amide bonds. The van der Waals surface area contributed by atoms with Gasteiger partial charge in [-0.25, -0.2) is 9.97 Å². The maximum atomic E-state index is 13.3. The van der Waals surface area contributed by atoms with E-state index in [1.165, 1.54) is 29.8 Å². The number of nitrogens with one attached hydrogen (secondary N) is 1. The Morgan fingerprint density at radius 1 is 1.02 bits per heavy atom. The van der Waals surface area contributed by atoms with Crippen LogP contribution in [-0.2, 0) is 37.7 Å². The van der Waals surface area contributed by atoms with Crippen LogP contribution in [0.2, 0.25) is 0 Å². The minimum Gasteiger partial charge on any atom is -0.378 e. The molecule has 8 rings (SSSR count). The van der Waals surface area contributed by atoms with Crippen LogP contribution in [0.15, 0.2) is 53.7 Å². The van der Waals surface area contributed by atoms with Gasteiger partial charge in [0.1, 0.15) is 17.3 Å². The number of fused-ring (bicyclic) bond motifs is 3. The fraction of sp³-hybridized carbons (Fsp3) is 0.444. The Kier molecular flexibility index (Phi) is 7.81. The minimum atomic E-state index is -0.174.